The van der Waals surface area contributed by atoms with Gasteiger partial charge >= 0.3 is 18.1 Å². The summed E-state index contributed by atoms with van der Waals surface area (Å²) in [6, 6.07) is 7.38. The molecule has 0 saturated carbocycles. The van der Waals surface area contributed by atoms with E-state index in [1.165, 1.54) is 0 Å². The molecule has 0 aliphatic carbocycles. The first-order chi connectivity index (χ1) is 10.5. The van der Waals surface area contributed by atoms with Gasteiger partial charge in [-0.3, -0.25) is 4.79 Å². The van der Waals surface area contributed by atoms with Gasteiger partial charge in [-0.05, 0) is 18.4 Å². The highest BCUT2D eigenvalue weighted by Crippen LogP contribution is 2.00. The van der Waals surface area contributed by atoms with Crippen molar-refractivity contribution in [3.63, 3.8) is 0 Å². The predicted octanol–water partition coefficient (Wildman–Crippen LogP) is 0.814. The molecule has 22 heavy (non-hydrogen) atoms. The number of carboxylic acid groups (broad SMARTS) is 1. The monoisotopic (exact) mass is 309 g/mol. The number of amides is 3. The van der Waals surface area contributed by atoms with Gasteiger partial charge < -0.3 is 20.9 Å². The molecule has 1 rings (SSSR count). The van der Waals surface area contributed by atoms with Gasteiger partial charge in [0.05, 0.1) is 0 Å². The Bertz CT molecular complexity index is 506. The fourth-order valence-corrected chi connectivity index (χ4v) is 1.54. The number of aliphatic carboxylic acids is 1. The molecule has 120 valence electrons. The molecular formula is C14H19N3O5. The Kier molecular flexibility index (Phi) is 7.41. The van der Waals surface area contributed by atoms with Gasteiger partial charge in [0.15, 0.2) is 0 Å². The lowest BCUT2D eigenvalue weighted by atomic mass is 10.2. The molecule has 0 unspecified atom stereocenters. The van der Waals surface area contributed by atoms with Crippen LogP contribution in [0.5, 0.6) is 0 Å². The molecule has 0 bridgehead atoms. The average Bonchev–Trinajstić information content (AvgIpc) is 2.50. The van der Waals surface area contributed by atoms with E-state index in [1.54, 1.807) is 12.1 Å². The van der Waals surface area contributed by atoms with Gasteiger partial charge in [0.1, 0.15) is 12.6 Å². The molecule has 8 heteroatoms. The van der Waals surface area contributed by atoms with Gasteiger partial charge in [-0.1, -0.05) is 30.3 Å². The summed E-state index contributed by atoms with van der Waals surface area (Å²) in [5.41, 5.74) is 6.11. The van der Waals surface area contributed by atoms with E-state index in [0.717, 1.165) is 5.56 Å². The summed E-state index contributed by atoms with van der Waals surface area (Å²) in [5, 5.41) is 13.0. The van der Waals surface area contributed by atoms with Crippen molar-refractivity contribution in [3.8, 4) is 0 Å². The number of carboxylic acids is 1. The van der Waals surface area contributed by atoms with Crippen LogP contribution in [-0.4, -0.2) is 35.8 Å². The van der Waals surface area contributed by atoms with Crippen LogP contribution in [0.15, 0.2) is 30.3 Å². The molecular weight excluding hydrogens is 290 g/mol. The Labute approximate surface area is 127 Å². The molecule has 0 aliphatic rings. The molecule has 0 fully saturated rings. The summed E-state index contributed by atoms with van der Waals surface area (Å²) < 4.78 is 4.87. The fourth-order valence-electron chi connectivity index (χ4n) is 1.54. The summed E-state index contributed by atoms with van der Waals surface area (Å²) in [7, 11) is 0. The van der Waals surface area contributed by atoms with Gasteiger partial charge in [0, 0.05) is 6.54 Å². The molecule has 1 aromatic rings. The van der Waals surface area contributed by atoms with Crippen LogP contribution in [0.25, 0.3) is 0 Å². The zero-order valence-electron chi connectivity index (χ0n) is 12.0. The minimum Gasteiger partial charge on any atom is -0.480 e. The van der Waals surface area contributed by atoms with E-state index in [2.05, 4.69) is 5.32 Å². The standard InChI is InChI=1S/C14H19N3O5/c15-11(12(18)19)7-4-8-16-13(20)17-14(21)22-9-10-5-2-1-3-6-10/h1-3,5-6,11H,4,7-9,15H2,(H,18,19)(H2,16,17,20,21)/t11-/m0/s1. The fraction of sp³-hybridized carbons (Fsp3) is 0.357. The van der Waals surface area contributed by atoms with Crippen molar-refractivity contribution in [2.75, 3.05) is 6.54 Å². The summed E-state index contributed by atoms with van der Waals surface area (Å²) in [4.78, 5) is 33.2. The van der Waals surface area contributed by atoms with Crippen molar-refractivity contribution >= 4 is 18.1 Å². The second-order valence-corrected chi connectivity index (χ2v) is 4.53. The van der Waals surface area contributed by atoms with Crippen LogP contribution in [0, 0.1) is 0 Å². The molecule has 1 aromatic carbocycles. The Morgan fingerprint density at radius 3 is 2.55 bits per heavy atom. The van der Waals surface area contributed by atoms with E-state index in [1.807, 2.05) is 23.5 Å². The van der Waals surface area contributed by atoms with Gasteiger partial charge in [-0.2, -0.15) is 0 Å². The van der Waals surface area contributed by atoms with Crippen LogP contribution in [0.2, 0.25) is 0 Å². The van der Waals surface area contributed by atoms with E-state index in [9.17, 15) is 14.4 Å². The van der Waals surface area contributed by atoms with Gasteiger partial charge in [-0.25, -0.2) is 14.9 Å². The van der Waals surface area contributed by atoms with E-state index in [-0.39, 0.29) is 19.6 Å². The van der Waals surface area contributed by atoms with Crippen molar-refractivity contribution in [1.29, 1.82) is 0 Å². The van der Waals surface area contributed by atoms with Crippen LogP contribution in [0.1, 0.15) is 18.4 Å². The molecule has 0 saturated heterocycles. The first-order valence-electron chi connectivity index (χ1n) is 6.73. The number of hydrogen-bond donors (Lipinski definition) is 4. The van der Waals surface area contributed by atoms with E-state index in [0.29, 0.717) is 6.42 Å². The molecule has 0 spiro atoms. The predicted molar refractivity (Wildman–Crippen MR) is 78.0 cm³/mol. The summed E-state index contributed by atoms with van der Waals surface area (Å²) >= 11 is 0. The number of alkyl carbamates (subject to hydrolysis) is 1. The number of carbonyl (C=O) groups excluding carboxylic acids is 2. The second-order valence-electron chi connectivity index (χ2n) is 4.53. The molecule has 0 aliphatic heterocycles. The number of urea groups is 1. The Morgan fingerprint density at radius 2 is 1.91 bits per heavy atom. The first kappa shape index (κ1) is 17.4. The van der Waals surface area contributed by atoms with Crippen LogP contribution in [0.4, 0.5) is 9.59 Å². The number of nitrogens with one attached hydrogen (secondary N) is 2. The third-order valence-electron chi connectivity index (χ3n) is 2.72. The van der Waals surface area contributed by atoms with Gasteiger partial charge in [0.2, 0.25) is 0 Å². The first-order valence-corrected chi connectivity index (χ1v) is 6.73. The molecule has 3 amide bonds. The third kappa shape index (κ3) is 7.25. The SMILES string of the molecule is N[C@@H](CCCNC(=O)NC(=O)OCc1ccccc1)C(=O)O. The molecule has 1 atom stereocenters. The topological polar surface area (TPSA) is 131 Å². The highest BCUT2D eigenvalue weighted by molar-refractivity contribution is 5.90. The van der Waals surface area contributed by atoms with E-state index in [4.69, 9.17) is 15.6 Å². The quantitative estimate of drug-likeness (QED) is 0.551. The maximum atomic E-state index is 11.4. The number of carbonyl (C=O) groups is 3. The van der Waals surface area contributed by atoms with Crippen molar-refractivity contribution in [1.82, 2.24) is 10.6 Å². The van der Waals surface area contributed by atoms with Crippen molar-refractivity contribution in [2.45, 2.75) is 25.5 Å². The minimum atomic E-state index is -1.09. The van der Waals surface area contributed by atoms with Gasteiger partial charge in [0.25, 0.3) is 0 Å². The van der Waals surface area contributed by atoms with E-state index < -0.39 is 24.1 Å². The number of hydrogen-bond acceptors (Lipinski definition) is 5. The van der Waals surface area contributed by atoms with E-state index >= 15 is 0 Å². The molecule has 5 N–H and O–H groups in total. The van der Waals surface area contributed by atoms with Crippen molar-refractivity contribution < 1.29 is 24.2 Å². The highest BCUT2D eigenvalue weighted by atomic mass is 16.5. The largest absolute Gasteiger partial charge is 0.480 e. The number of benzene rings is 1. The highest BCUT2D eigenvalue weighted by Gasteiger charge is 2.11. The van der Waals surface area contributed by atoms with Crippen LogP contribution in [-0.2, 0) is 16.1 Å². The lowest BCUT2D eigenvalue weighted by molar-refractivity contribution is -0.138. The Hall–Kier alpha value is -2.61. The normalized spacial score (nSPS) is 11.3. The molecule has 8 nitrogen and oxygen atoms in total. The smallest absolute Gasteiger partial charge is 0.415 e. The maximum Gasteiger partial charge on any atom is 0.415 e. The molecule has 0 radical (unpaired) electrons. The summed E-state index contributed by atoms with van der Waals surface area (Å²) in [5.74, 6) is -1.09. The summed E-state index contributed by atoms with van der Waals surface area (Å²) in [6.45, 7) is 0.270. The number of imide groups is 1. The minimum absolute atomic E-state index is 0.0629. The second kappa shape index (κ2) is 9.35. The lowest BCUT2D eigenvalue weighted by Gasteiger charge is -2.09. The van der Waals surface area contributed by atoms with Crippen LogP contribution in [0.3, 0.4) is 0 Å². The number of rotatable bonds is 7. The zero-order chi connectivity index (χ0) is 16.4. The number of ether oxygens (including phenoxy) is 1. The number of nitrogens with two attached hydrogens (primary N) is 1. The maximum absolute atomic E-state index is 11.4. The van der Waals surface area contributed by atoms with Gasteiger partial charge in [-0.15, -0.1) is 0 Å². The van der Waals surface area contributed by atoms with Crippen LogP contribution < -0.4 is 16.4 Å². The average molecular weight is 309 g/mol. The van der Waals surface area contributed by atoms with Crippen molar-refractivity contribution in [3.05, 3.63) is 35.9 Å². The van der Waals surface area contributed by atoms with Crippen LogP contribution >= 0.6 is 0 Å². The Morgan fingerprint density at radius 1 is 1.23 bits per heavy atom. The third-order valence-corrected chi connectivity index (χ3v) is 2.72. The molecule has 0 heterocycles. The lowest BCUT2D eigenvalue weighted by Crippen LogP contribution is -2.40. The van der Waals surface area contributed by atoms with Crippen molar-refractivity contribution in [2.24, 2.45) is 5.73 Å². The molecule has 0 aromatic heterocycles. The summed E-state index contributed by atoms with van der Waals surface area (Å²) in [6.07, 6.45) is -0.239. The Balaban J connectivity index is 2.14. The zero-order valence-corrected chi connectivity index (χ0v) is 12.0.